The van der Waals surface area contributed by atoms with Crippen LogP contribution in [0.4, 0.5) is 13.2 Å². The number of alkyl halides is 3. The van der Waals surface area contributed by atoms with Crippen LogP contribution in [0.5, 0.6) is 0 Å². The summed E-state index contributed by atoms with van der Waals surface area (Å²) in [6.07, 6.45) is -5.24. The quantitative estimate of drug-likeness (QED) is 0.794. The summed E-state index contributed by atoms with van der Waals surface area (Å²) < 4.78 is 38.5. The summed E-state index contributed by atoms with van der Waals surface area (Å²) in [5, 5.41) is 18.3. The molecule has 0 fully saturated rings. The van der Waals surface area contributed by atoms with Crippen LogP contribution >= 0.6 is 0 Å². The number of nitrogens with two attached hydrogens (primary N) is 1. The number of halogens is 3. The molecule has 0 aromatic heterocycles. The van der Waals surface area contributed by atoms with Crippen molar-refractivity contribution in [2.75, 3.05) is 0 Å². The molecule has 4 N–H and O–H groups in total. The first kappa shape index (κ1) is 16.5. The molecule has 1 unspecified atom stereocenters. The van der Waals surface area contributed by atoms with Crippen LogP contribution in [0.15, 0.2) is 18.2 Å². The lowest BCUT2D eigenvalue weighted by Crippen LogP contribution is -2.39. The summed E-state index contributed by atoms with van der Waals surface area (Å²) in [7, 11) is 0. The van der Waals surface area contributed by atoms with E-state index in [9.17, 15) is 23.1 Å². The Kier molecular flexibility index (Phi) is 4.45. The van der Waals surface area contributed by atoms with Crippen LogP contribution in [0, 0.1) is 6.92 Å². The molecule has 1 rings (SSSR count). The zero-order valence-corrected chi connectivity index (χ0v) is 11.0. The number of rotatable bonds is 4. The van der Waals surface area contributed by atoms with Crippen molar-refractivity contribution in [2.45, 2.75) is 38.1 Å². The van der Waals surface area contributed by atoms with Crippen LogP contribution in [0.2, 0.25) is 0 Å². The second kappa shape index (κ2) is 5.41. The number of hydrogen-bond acceptors (Lipinski definition) is 3. The van der Waals surface area contributed by atoms with Crippen LogP contribution in [-0.4, -0.2) is 22.4 Å². The molecule has 2 atom stereocenters. The van der Waals surface area contributed by atoms with E-state index >= 15 is 0 Å². The van der Waals surface area contributed by atoms with E-state index in [-0.39, 0.29) is 11.1 Å². The van der Waals surface area contributed by atoms with Gasteiger partial charge in [0, 0.05) is 6.04 Å². The number of hydrogen-bond donors (Lipinski definition) is 3. The molecule has 0 amide bonds. The maximum atomic E-state index is 12.8. The summed E-state index contributed by atoms with van der Waals surface area (Å²) >= 11 is 0. The predicted molar refractivity (Wildman–Crippen MR) is 66.0 cm³/mol. The minimum Gasteiger partial charge on any atom is -0.481 e. The van der Waals surface area contributed by atoms with E-state index in [2.05, 4.69) is 0 Å². The van der Waals surface area contributed by atoms with E-state index < -0.39 is 30.2 Å². The fourth-order valence-corrected chi connectivity index (χ4v) is 1.78. The third kappa shape index (κ3) is 3.49. The van der Waals surface area contributed by atoms with Gasteiger partial charge in [0.05, 0.1) is 6.42 Å². The van der Waals surface area contributed by atoms with Gasteiger partial charge in [0.25, 0.3) is 0 Å². The Bertz CT molecular complexity index is 512. The Hall–Kier alpha value is -1.60. The molecule has 7 heteroatoms. The summed E-state index contributed by atoms with van der Waals surface area (Å²) in [6, 6.07) is 2.86. The molecular weight excluding hydrogens is 275 g/mol. The van der Waals surface area contributed by atoms with E-state index in [1.165, 1.54) is 12.1 Å². The molecule has 0 heterocycles. The van der Waals surface area contributed by atoms with Crippen molar-refractivity contribution in [1.29, 1.82) is 0 Å². The van der Waals surface area contributed by atoms with Crippen LogP contribution in [0.3, 0.4) is 0 Å². The highest BCUT2D eigenvalue weighted by Gasteiger charge is 2.51. The van der Waals surface area contributed by atoms with Gasteiger partial charge in [0.1, 0.15) is 0 Å². The fourth-order valence-electron chi connectivity index (χ4n) is 1.78. The molecular formula is C13H16F3NO3. The lowest BCUT2D eigenvalue weighted by atomic mass is 9.90. The summed E-state index contributed by atoms with van der Waals surface area (Å²) in [6.45, 7) is 2.20. The van der Waals surface area contributed by atoms with Crippen LogP contribution < -0.4 is 5.73 Å². The van der Waals surface area contributed by atoms with Gasteiger partial charge in [0.15, 0.2) is 5.60 Å². The van der Waals surface area contributed by atoms with E-state index in [4.69, 9.17) is 10.8 Å². The number of aliphatic carboxylic acids is 1. The summed E-state index contributed by atoms with van der Waals surface area (Å²) in [4.78, 5) is 10.6. The Labute approximate surface area is 114 Å². The molecule has 0 spiro atoms. The topological polar surface area (TPSA) is 83.6 Å². The van der Waals surface area contributed by atoms with Crippen molar-refractivity contribution >= 4 is 5.97 Å². The molecule has 0 saturated heterocycles. The fraction of sp³-hybridized carbons (Fsp3) is 0.462. The van der Waals surface area contributed by atoms with Crippen molar-refractivity contribution in [3.63, 3.8) is 0 Å². The van der Waals surface area contributed by atoms with Crippen LogP contribution in [0.25, 0.3) is 0 Å². The standard InChI is InChI=1S/C13H16F3NO3/c1-7-3-8(10(17)6-11(18)19)5-9(4-7)12(2,20)13(14,15)16/h3-5,10,20H,6,17H2,1-2H3,(H,18,19)/t10-,12?/m0/s1. The molecule has 0 aliphatic carbocycles. The Morgan fingerprint density at radius 1 is 1.35 bits per heavy atom. The Morgan fingerprint density at radius 3 is 2.35 bits per heavy atom. The van der Waals surface area contributed by atoms with E-state index in [1.807, 2.05) is 0 Å². The largest absolute Gasteiger partial charge is 0.481 e. The molecule has 0 saturated carbocycles. The Morgan fingerprint density at radius 2 is 1.90 bits per heavy atom. The van der Waals surface area contributed by atoms with Gasteiger partial charge in [-0.05, 0) is 25.0 Å². The number of aryl methyl sites for hydroxylation is 1. The lowest BCUT2D eigenvalue weighted by Gasteiger charge is -2.28. The monoisotopic (exact) mass is 291 g/mol. The third-order valence-corrected chi connectivity index (χ3v) is 3.04. The highest BCUT2D eigenvalue weighted by Crippen LogP contribution is 2.39. The van der Waals surface area contributed by atoms with Gasteiger partial charge >= 0.3 is 12.1 Å². The molecule has 112 valence electrons. The maximum Gasteiger partial charge on any atom is 0.421 e. The third-order valence-electron chi connectivity index (χ3n) is 3.04. The van der Waals surface area contributed by atoms with Crippen molar-refractivity contribution in [3.05, 3.63) is 34.9 Å². The second-order valence-corrected chi connectivity index (χ2v) is 4.91. The number of carbonyl (C=O) groups is 1. The number of carboxylic acids is 1. The highest BCUT2D eigenvalue weighted by molar-refractivity contribution is 5.68. The van der Waals surface area contributed by atoms with E-state index in [0.29, 0.717) is 12.5 Å². The second-order valence-electron chi connectivity index (χ2n) is 4.91. The summed E-state index contributed by atoms with van der Waals surface area (Å²) in [5.41, 5.74) is 2.97. The average molecular weight is 291 g/mol. The van der Waals surface area contributed by atoms with Gasteiger partial charge in [-0.1, -0.05) is 23.8 Å². The minimum absolute atomic E-state index is 0.243. The molecule has 4 nitrogen and oxygen atoms in total. The van der Waals surface area contributed by atoms with Gasteiger partial charge in [0.2, 0.25) is 0 Å². The first-order chi connectivity index (χ1) is 8.95. The molecule has 20 heavy (non-hydrogen) atoms. The predicted octanol–water partition coefficient (Wildman–Crippen LogP) is 2.24. The van der Waals surface area contributed by atoms with Crippen molar-refractivity contribution in [3.8, 4) is 0 Å². The van der Waals surface area contributed by atoms with Gasteiger partial charge < -0.3 is 15.9 Å². The first-order valence-electron chi connectivity index (χ1n) is 5.83. The zero-order chi connectivity index (χ0) is 15.7. The number of aliphatic hydroxyl groups is 1. The molecule has 0 radical (unpaired) electrons. The van der Waals surface area contributed by atoms with Gasteiger partial charge in [-0.15, -0.1) is 0 Å². The van der Waals surface area contributed by atoms with Crippen molar-refractivity contribution < 1.29 is 28.2 Å². The minimum atomic E-state index is -4.84. The average Bonchev–Trinajstić information content (AvgIpc) is 2.25. The van der Waals surface area contributed by atoms with Gasteiger partial charge in [-0.3, -0.25) is 4.79 Å². The smallest absolute Gasteiger partial charge is 0.421 e. The van der Waals surface area contributed by atoms with Crippen LogP contribution in [-0.2, 0) is 10.4 Å². The SMILES string of the molecule is Cc1cc([C@@H](N)CC(=O)O)cc(C(C)(O)C(F)(F)F)c1. The molecule has 0 aliphatic heterocycles. The van der Waals surface area contributed by atoms with Crippen LogP contribution in [0.1, 0.15) is 36.1 Å². The molecule has 0 bridgehead atoms. The number of carboxylic acid groups (broad SMARTS) is 1. The number of benzene rings is 1. The van der Waals surface area contributed by atoms with E-state index in [1.54, 1.807) is 6.92 Å². The highest BCUT2D eigenvalue weighted by atomic mass is 19.4. The van der Waals surface area contributed by atoms with Crippen molar-refractivity contribution in [1.82, 2.24) is 0 Å². The first-order valence-corrected chi connectivity index (χ1v) is 5.83. The van der Waals surface area contributed by atoms with Gasteiger partial charge in [-0.2, -0.15) is 13.2 Å². The molecule has 1 aromatic carbocycles. The Balaban J connectivity index is 3.25. The van der Waals surface area contributed by atoms with Crippen molar-refractivity contribution in [2.24, 2.45) is 5.73 Å². The molecule has 0 aliphatic rings. The maximum absolute atomic E-state index is 12.8. The van der Waals surface area contributed by atoms with E-state index in [0.717, 1.165) is 6.07 Å². The lowest BCUT2D eigenvalue weighted by molar-refractivity contribution is -0.258. The van der Waals surface area contributed by atoms with Gasteiger partial charge in [-0.25, -0.2) is 0 Å². The zero-order valence-electron chi connectivity index (χ0n) is 11.0. The normalized spacial score (nSPS) is 16.6. The summed E-state index contributed by atoms with van der Waals surface area (Å²) in [5.74, 6) is -1.15. The molecule has 1 aromatic rings.